The maximum Gasteiger partial charge on any atom is 0.311 e. The molecule has 0 atom stereocenters. The van der Waals surface area contributed by atoms with Crippen LogP contribution in [0, 0.1) is 16.7 Å². The second kappa shape index (κ2) is 4.77. The minimum atomic E-state index is -0.591. The smallest absolute Gasteiger partial charge is 0.311 e. The van der Waals surface area contributed by atoms with E-state index in [1.54, 1.807) is 6.07 Å². The predicted molar refractivity (Wildman–Crippen MR) is 72.5 cm³/mol. The second-order valence-corrected chi connectivity index (χ2v) is 5.24. The Balaban J connectivity index is 2.41. The third-order valence-electron chi connectivity index (χ3n) is 3.27. The van der Waals surface area contributed by atoms with E-state index in [-0.39, 0.29) is 5.97 Å². The van der Waals surface area contributed by atoms with Crippen LogP contribution in [0.3, 0.4) is 0 Å². The van der Waals surface area contributed by atoms with Crippen molar-refractivity contribution >= 4 is 16.9 Å². The molecule has 0 spiro atoms. The summed E-state index contributed by atoms with van der Waals surface area (Å²) in [5.41, 5.74) is 2.01. The maximum absolute atomic E-state index is 11.7. The van der Waals surface area contributed by atoms with E-state index in [9.17, 15) is 4.79 Å². The number of aromatic nitrogens is 1. The summed E-state index contributed by atoms with van der Waals surface area (Å²) in [5.74, 6) is -0.238. The van der Waals surface area contributed by atoms with Crippen LogP contribution in [-0.4, -0.2) is 18.1 Å². The molecule has 0 saturated carbocycles. The first-order valence-electron chi connectivity index (χ1n) is 6.06. The number of hydrogen-bond donors (Lipinski definition) is 1. The van der Waals surface area contributed by atoms with Crippen LogP contribution >= 0.6 is 0 Å². The summed E-state index contributed by atoms with van der Waals surface area (Å²) in [6.45, 7) is 3.71. The van der Waals surface area contributed by atoms with Gasteiger partial charge >= 0.3 is 5.97 Å². The second-order valence-electron chi connectivity index (χ2n) is 5.24. The van der Waals surface area contributed by atoms with Gasteiger partial charge in [0.1, 0.15) is 0 Å². The van der Waals surface area contributed by atoms with Gasteiger partial charge in [-0.15, -0.1) is 0 Å². The average Bonchev–Trinajstić information content (AvgIpc) is 2.79. The van der Waals surface area contributed by atoms with Crippen molar-refractivity contribution in [3.63, 3.8) is 0 Å². The first-order chi connectivity index (χ1) is 8.97. The maximum atomic E-state index is 11.7. The van der Waals surface area contributed by atoms with Gasteiger partial charge < -0.3 is 9.72 Å². The number of benzene rings is 1. The number of nitrogens with one attached hydrogen (secondary N) is 1. The molecule has 0 fully saturated rings. The van der Waals surface area contributed by atoms with Crippen molar-refractivity contribution in [2.75, 3.05) is 7.11 Å². The summed E-state index contributed by atoms with van der Waals surface area (Å²) >= 11 is 0. The van der Waals surface area contributed by atoms with Crippen LogP contribution in [0.5, 0.6) is 0 Å². The number of rotatable bonds is 3. The zero-order chi connectivity index (χ0) is 14.0. The number of fused-ring (bicyclic) bond motifs is 1. The van der Waals surface area contributed by atoms with Crippen LogP contribution in [-0.2, 0) is 16.0 Å². The molecule has 2 rings (SSSR count). The summed E-state index contributed by atoms with van der Waals surface area (Å²) in [7, 11) is 1.40. The molecular weight excluding hydrogens is 240 g/mol. The molecule has 0 aliphatic heterocycles. The van der Waals surface area contributed by atoms with Crippen molar-refractivity contribution in [2.24, 2.45) is 5.41 Å². The van der Waals surface area contributed by atoms with Crippen LogP contribution < -0.4 is 0 Å². The fourth-order valence-electron chi connectivity index (χ4n) is 2.22. The molecule has 4 heteroatoms. The molecule has 19 heavy (non-hydrogen) atoms. The highest BCUT2D eigenvalue weighted by Crippen LogP contribution is 2.28. The Morgan fingerprint density at radius 2 is 2.21 bits per heavy atom. The summed E-state index contributed by atoms with van der Waals surface area (Å²) in [5, 5.41) is 9.93. The number of aromatic amines is 1. The number of hydrogen-bond acceptors (Lipinski definition) is 3. The monoisotopic (exact) mass is 256 g/mol. The molecule has 0 saturated heterocycles. The molecule has 0 aliphatic carbocycles. The average molecular weight is 256 g/mol. The van der Waals surface area contributed by atoms with Gasteiger partial charge in [-0.05, 0) is 44.0 Å². The molecule has 0 aliphatic rings. The summed E-state index contributed by atoms with van der Waals surface area (Å²) in [4.78, 5) is 14.9. The highest BCUT2D eigenvalue weighted by Gasteiger charge is 2.29. The Bertz CT molecular complexity index is 662. The quantitative estimate of drug-likeness (QED) is 0.859. The van der Waals surface area contributed by atoms with Gasteiger partial charge in [0.05, 0.1) is 24.2 Å². The molecule has 1 aromatic heterocycles. The number of carbonyl (C=O) groups excluding carboxylic acids is 1. The summed E-state index contributed by atoms with van der Waals surface area (Å²) in [6.07, 6.45) is 2.45. The Hall–Kier alpha value is -2.28. The SMILES string of the molecule is COC(=O)C(C)(C)Cc1c[nH]c2ccc(C#N)cc12. The summed E-state index contributed by atoms with van der Waals surface area (Å²) in [6, 6.07) is 7.62. The number of ether oxygens (including phenoxy) is 1. The molecule has 0 amide bonds. The van der Waals surface area contributed by atoms with E-state index in [1.165, 1.54) is 7.11 Å². The van der Waals surface area contributed by atoms with Crippen LogP contribution in [0.25, 0.3) is 10.9 Å². The van der Waals surface area contributed by atoms with Crippen molar-refractivity contribution < 1.29 is 9.53 Å². The molecule has 1 heterocycles. The standard InChI is InChI=1S/C15H16N2O2/c1-15(2,14(18)19-3)7-11-9-17-13-5-4-10(8-16)6-12(11)13/h4-6,9,17H,7H2,1-3H3. The fourth-order valence-corrected chi connectivity index (χ4v) is 2.22. The minimum Gasteiger partial charge on any atom is -0.469 e. The van der Waals surface area contributed by atoms with Gasteiger partial charge in [0, 0.05) is 17.1 Å². The highest BCUT2D eigenvalue weighted by atomic mass is 16.5. The van der Waals surface area contributed by atoms with E-state index in [1.807, 2.05) is 32.2 Å². The molecule has 0 unspecified atom stereocenters. The number of carbonyl (C=O) groups is 1. The lowest BCUT2D eigenvalue weighted by Crippen LogP contribution is -2.27. The Kier molecular flexibility index (Phi) is 3.30. The molecule has 2 aromatic rings. The minimum absolute atomic E-state index is 0.238. The largest absolute Gasteiger partial charge is 0.469 e. The van der Waals surface area contributed by atoms with Gasteiger partial charge in [-0.1, -0.05) is 0 Å². The Morgan fingerprint density at radius 1 is 1.47 bits per heavy atom. The molecule has 0 radical (unpaired) electrons. The van der Waals surface area contributed by atoms with Crippen molar-refractivity contribution in [3.8, 4) is 6.07 Å². The van der Waals surface area contributed by atoms with Crippen LogP contribution in [0.4, 0.5) is 0 Å². The third-order valence-corrected chi connectivity index (χ3v) is 3.27. The van der Waals surface area contributed by atoms with Crippen LogP contribution in [0.1, 0.15) is 25.0 Å². The van der Waals surface area contributed by atoms with E-state index in [0.717, 1.165) is 16.5 Å². The lowest BCUT2D eigenvalue weighted by molar-refractivity contribution is -0.150. The molecule has 4 nitrogen and oxygen atoms in total. The van der Waals surface area contributed by atoms with Crippen molar-refractivity contribution in [3.05, 3.63) is 35.5 Å². The first kappa shape index (κ1) is 13.2. The lowest BCUT2D eigenvalue weighted by Gasteiger charge is -2.20. The zero-order valence-corrected chi connectivity index (χ0v) is 11.3. The lowest BCUT2D eigenvalue weighted by atomic mass is 9.85. The van der Waals surface area contributed by atoms with Crippen molar-refractivity contribution in [2.45, 2.75) is 20.3 Å². The number of nitrogens with zero attached hydrogens (tertiary/aromatic N) is 1. The molecule has 98 valence electrons. The van der Waals surface area contributed by atoms with E-state index in [0.29, 0.717) is 12.0 Å². The highest BCUT2D eigenvalue weighted by molar-refractivity contribution is 5.85. The van der Waals surface area contributed by atoms with E-state index in [4.69, 9.17) is 10.00 Å². The zero-order valence-electron chi connectivity index (χ0n) is 11.3. The Labute approximate surface area is 112 Å². The van der Waals surface area contributed by atoms with Gasteiger partial charge in [0.15, 0.2) is 0 Å². The number of esters is 1. The van der Waals surface area contributed by atoms with Crippen LogP contribution in [0.2, 0.25) is 0 Å². The topological polar surface area (TPSA) is 65.9 Å². The predicted octanol–water partition coefficient (Wildman–Crippen LogP) is 2.78. The third kappa shape index (κ3) is 2.45. The van der Waals surface area contributed by atoms with Gasteiger partial charge in [0.25, 0.3) is 0 Å². The van der Waals surface area contributed by atoms with E-state index < -0.39 is 5.41 Å². The Morgan fingerprint density at radius 3 is 2.84 bits per heavy atom. The van der Waals surface area contributed by atoms with E-state index >= 15 is 0 Å². The van der Waals surface area contributed by atoms with E-state index in [2.05, 4.69) is 11.1 Å². The molecule has 1 N–H and O–H groups in total. The normalized spacial score (nSPS) is 11.3. The van der Waals surface area contributed by atoms with Gasteiger partial charge in [-0.2, -0.15) is 5.26 Å². The molecule has 0 bridgehead atoms. The molecule has 1 aromatic carbocycles. The van der Waals surface area contributed by atoms with Gasteiger partial charge in [-0.25, -0.2) is 0 Å². The van der Waals surface area contributed by atoms with Gasteiger partial charge in [0.2, 0.25) is 0 Å². The number of H-pyrrole nitrogens is 1. The van der Waals surface area contributed by atoms with Crippen LogP contribution in [0.15, 0.2) is 24.4 Å². The number of methoxy groups -OCH3 is 1. The van der Waals surface area contributed by atoms with Crippen molar-refractivity contribution in [1.82, 2.24) is 4.98 Å². The number of nitriles is 1. The summed E-state index contributed by atoms with van der Waals surface area (Å²) < 4.78 is 4.82. The fraction of sp³-hybridized carbons (Fsp3) is 0.333. The van der Waals surface area contributed by atoms with Gasteiger partial charge in [-0.3, -0.25) is 4.79 Å². The molecular formula is C15H16N2O2. The first-order valence-corrected chi connectivity index (χ1v) is 6.06. The van der Waals surface area contributed by atoms with Crippen molar-refractivity contribution in [1.29, 1.82) is 5.26 Å².